The number of carbonyl (C=O) groups excluding carboxylic acids is 1. The number of fused-ring (bicyclic) bond motifs is 3. The number of hydrogen-bond acceptors (Lipinski definition) is 3. The molecule has 2 heterocycles. The van der Waals surface area contributed by atoms with E-state index in [9.17, 15) is 9.59 Å². The van der Waals surface area contributed by atoms with Crippen LogP contribution < -0.4 is 10.9 Å². The van der Waals surface area contributed by atoms with E-state index in [1.807, 2.05) is 78.5 Å². The number of benzene rings is 2. The first kappa shape index (κ1) is 18.0. The predicted octanol–water partition coefficient (Wildman–Crippen LogP) is 3.14. The molecule has 0 aliphatic heterocycles. The molecular formula is C22H22N4O2. The van der Waals surface area contributed by atoms with Crippen LogP contribution in [-0.2, 0) is 11.3 Å². The van der Waals surface area contributed by atoms with E-state index in [0.717, 1.165) is 22.2 Å². The van der Waals surface area contributed by atoms with E-state index in [0.29, 0.717) is 12.2 Å². The van der Waals surface area contributed by atoms with Crippen molar-refractivity contribution in [2.45, 2.75) is 33.4 Å². The van der Waals surface area contributed by atoms with Gasteiger partial charge in [0.15, 0.2) is 5.65 Å². The van der Waals surface area contributed by atoms with E-state index in [-0.39, 0.29) is 11.5 Å². The highest BCUT2D eigenvalue weighted by Crippen LogP contribution is 2.25. The second-order valence-corrected chi connectivity index (χ2v) is 7.11. The van der Waals surface area contributed by atoms with Gasteiger partial charge in [0.25, 0.3) is 5.56 Å². The number of aromatic nitrogens is 3. The minimum Gasteiger partial charge on any atom is -0.350 e. The summed E-state index contributed by atoms with van der Waals surface area (Å²) in [5.41, 5.74) is 4.13. The topological polar surface area (TPSA) is 68.4 Å². The quantitative estimate of drug-likeness (QED) is 0.597. The molecule has 0 spiro atoms. The van der Waals surface area contributed by atoms with E-state index in [1.54, 1.807) is 0 Å². The summed E-state index contributed by atoms with van der Waals surface area (Å²) >= 11 is 0. The summed E-state index contributed by atoms with van der Waals surface area (Å²) in [6.07, 6.45) is 0. The molecule has 28 heavy (non-hydrogen) atoms. The Morgan fingerprint density at radius 2 is 1.82 bits per heavy atom. The van der Waals surface area contributed by atoms with Crippen molar-refractivity contribution in [1.82, 2.24) is 19.5 Å². The molecule has 1 unspecified atom stereocenters. The van der Waals surface area contributed by atoms with E-state index >= 15 is 0 Å². The molecule has 0 saturated heterocycles. The summed E-state index contributed by atoms with van der Waals surface area (Å²) in [6.45, 7) is 6.21. The largest absolute Gasteiger partial charge is 0.350 e. The second-order valence-electron chi connectivity index (χ2n) is 7.11. The molecule has 0 radical (unpaired) electrons. The Hall–Kier alpha value is -3.41. The first-order chi connectivity index (χ1) is 13.5. The van der Waals surface area contributed by atoms with Crippen LogP contribution in [0.3, 0.4) is 0 Å². The maximum Gasteiger partial charge on any atom is 0.273 e. The molecule has 142 valence electrons. The highest BCUT2D eigenvalue weighted by Gasteiger charge is 2.22. The molecule has 0 aliphatic carbocycles. The minimum absolute atomic E-state index is 0.0960. The Morgan fingerprint density at radius 1 is 1.11 bits per heavy atom. The van der Waals surface area contributed by atoms with E-state index in [2.05, 4.69) is 10.3 Å². The zero-order valence-corrected chi connectivity index (χ0v) is 16.1. The first-order valence-electron chi connectivity index (χ1n) is 9.28. The summed E-state index contributed by atoms with van der Waals surface area (Å²) in [6, 6.07) is 16.8. The molecule has 2 aromatic heterocycles. The molecule has 0 fully saturated rings. The lowest BCUT2D eigenvalue weighted by atomic mass is 10.1. The van der Waals surface area contributed by atoms with Gasteiger partial charge in [-0.05, 0) is 38.5 Å². The molecule has 6 heteroatoms. The standard InChI is InChI=1S/C22H22N4O2/c1-14-8-10-17(11-9-14)13-23-22(28)16(3)26-19-7-5-4-6-18(19)21-24-20(27)12-15(2)25(21)26/h4-12,16H,13H2,1-3H3,(H,23,28). The number of hydrogen-bond donors (Lipinski definition) is 1. The minimum atomic E-state index is -0.476. The summed E-state index contributed by atoms with van der Waals surface area (Å²) in [4.78, 5) is 29.0. The summed E-state index contributed by atoms with van der Waals surface area (Å²) in [5.74, 6) is -0.0960. The van der Waals surface area contributed by atoms with Gasteiger partial charge in [-0.1, -0.05) is 42.0 Å². The average molecular weight is 374 g/mol. The summed E-state index contributed by atoms with van der Waals surface area (Å²) in [5, 5.41) is 3.86. The molecule has 1 amide bonds. The number of nitrogens with one attached hydrogen (secondary N) is 1. The van der Waals surface area contributed by atoms with Gasteiger partial charge in [-0.15, -0.1) is 0 Å². The summed E-state index contributed by atoms with van der Waals surface area (Å²) < 4.78 is 3.75. The zero-order chi connectivity index (χ0) is 19.8. The lowest BCUT2D eigenvalue weighted by Gasteiger charge is -2.18. The fourth-order valence-electron chi connectivity index (χ4n) is 3.54. The lowest BCUT2D eigenvalue weighted by Crippen LogP contribution is -2.32. The maximum absolute atomic E-state index is 12.9. The van der Waals surface area contributed by atoms with Crippen molar-refractivity contribution in [2.75, 3.05) is 0 Å². The molecule has 1 atom stereocenters. The van der Waals surface area contributed by atoms with Gasteiger partial charge >= 0.3 is 0 Å². The van der Waals surface area contributed by atoms with Crippen LogP contribution in [0.2, 0.25) is 0 Å². The highest BCUT2D eigenvalue weighted by molar-refractivity contribution is 5.94. The SMILES string of the molecule is Cc1ccc(CNC(=O)C(C)n2c3ccccc3c3nc(=O)cc(C)n32)cc1. The fraction of sp³-hybridized carbons (Fsp3) is 0.227. The van der Waals surface area contributed by atoms with Crippen molar-refractivity contribution in [1.29, 1.82) is 0 Å². The molecule has 0 bridgehead atoms. The van der Waals surface area contributed by atoms with Gasteiger partial charge in [-0.2, -0.15) is 4.98 Å². The van der Waals surface area contributed by atoms with Crippen LogP contribution >= 0.6 is 0 Å². The van der Waals surface area contributed by atoms with Crippen LogP contribution in [0, 0.1) is 13.8 Å². The lowest BCUT2D eigenvalue weighted by molar-refractivity contribution is -0.124. The van der Waals surface area contributed by atoms with Crippen LogP contribution in [0.5, 0.6) is 0 Å². The molecule has 4 rings (SSSR count). The third-order valence-electron chi connectivity index (χ3n) is 5.02. The molecule has 0 aliphatic rings. The van der Waals surface area contributed by atoms with Crippen molar-refractivity contribution in [3.05, 3.63) is 81.8 Å². The maximum atomic E-state index is 12.9. The van der Waals surface area contributed by atoms with Gasteiger partial charge in [0.05, 0.1) is 5.52 Å². The highest BCUT2D eigenvalue weighted by atomic mass is 16.2. The summed E-state index contributed by atoms with van der Waals surface area (Å²) in [7, 11) is 0. The van der Waals surface area contributed by atoms with Gasteiger partial charge in [-0.25, -0.2) is 4.52 Å². The number of amides is 1. The van der Waals surface area contributed by atoms with Crippen molar-refractivity contribution in [3.63, 3.8) is 0 Å². The van der Waals surface area contributed by atoms with Crippen molar-refractivity contribution >= 4 is 22.5 Å². The molecule has 0 saturated carbocycles. The van der Waals surface area contributed by atoms with E-state index in [4.69, 9.17) is 0 Å². The van der Waals surface area contributed by atoms with Gasteiger partial charge in [0.2, 0.25) is 5.91 Å². The Balaban J connectivity index is 1.73. The third kappa shape index (κ3) is 3.07. The van der Waals surface area contributed by atoms with Gasteiger partial charge < -0.3 is 5.32 Å². The molecule has 1 N–H and O–H groups in total. The van der Waals surface area contributed by atoms with Gasteiger partial charge in [0.1, 0.15) is 6.04 Å². The Kier molecular flexibility index (Phi) is 4.47. The van der Waals surface area contributed by atoms with Gasteiger partial charge in [-0.3, -0.25) is 14.3 Å². The molecular weight excluding hydrogens is 352 g/mol. The van der Waals surface area contributed by atoms with Crippen LogP contribution in [0.4, 0.5) is 0 Å². The number of rotatable bonds is 4. The van der Waals surface area contributed by atoms with Crippen molar-refractivity contribution in [3.8, 4) is 0 Å². The second kappa shape index (κ2) is 6.96. The van der Waals surface area contributed by atoms with Crippen molar-refractivity contribution < 1.29 is 4.79 Å². The monoisotopic (exact) mass is 374 g/mol. The van der Waals surface area contributed by atoms with E-state index in [1.165, 1.54) is 11.6 Å². The van der Waals surface area contributed by atoms with E-state index < -0.39 is 6.04 Å². The van der Waals surface area contributed by atoms with Crippen molar-refractivity contribution in [2.24, 2.45) is 0 Å². The average Bonchev–Trinajstić information content (AvgIpc) is 3.01. The fourth-order valence-corrected chi connectivity index (χ4v) is 3.54. The first-order valence-corrected chi connectivity index (χ1v) is 9.28. The Bertz CT molecular complexity index is 1240. The Labute approximate surface area is 162 Å². The smallest absolute Gasteiger partial charge is 0.273 e. The molecule has 2 aromatic carbocycles. The zero-order valence-electron chi connectivity index (χ0n) is 16.1. The van der Waals surface area contributed by atoms with Crippen LogP contribution in [0.15, 0.2) is 59.4 Å². The number of para-hydroxylation sites is 1. The third-order valence-corrected chi connectivity index (χ3v) is 5.02. The van der Waals surface area contributed by atoms with Crippen LogP contribution in [0.25, 0.3) is 16.6 Å². The number of aryl methyl sites for hydroxylation is 2. The van der Waals surface area contributed by atoms with Gasteiger partial charge in [0, 0.05) is 23.7 Å². The predicted molar refractivity (Wildman–Crippen MR) is 109 cm³/mol. The van der Waals surface area contributed by atoms with Crippen LogP contribution in [-0.4, -0.2) is 20.1 Å². The molecule has 4 aromatic rings. The van der Waals surface area contributed by atoms with Crippen LogP contribution in [0.1, 0.15) is 29.8 Å². The number of nitrogens with zero attached hydrogens (tertiary/aromatic N) is 3. The number of carbonyl (C=O) groups is 1. The normalized spacial score (nSPS) is 12.4. The molecule has 6 nitrogen and oxygen atoms in total. The Morgan fingerprint density at radius 3 is 2.57 bits per heavy atom.